The van der Waals surface area contributed by atoms with Crippen molar-refractivity contribution in [2.24, 2.45) is 0 Å². The van der Waals surface area contributed by atoms with Crippen LogP contribution in [0.3, 0.4) is 0 Å². The molecule has 0 aliphatic rings. The summed E-state index contributed by atoms with van der Waals surface area (Å²) >= 11 is 1.19. The lowest BCUT2D eigenvalue weighted by Crippen LogP contribution is -2.06. The molecule has 0 fully saturated rings. The SMILES string of the molecule is CCOC(=O)c1scc(C(=O)OC)c1-c1ccc2ccccc2c1. The van der Waals surface area contributed by atoms with E-state index in [0.717, 1.165) is 16.3 Å². The monoisotopic (exact) mass is 340 g/mol. The highest BCUT2D eigenvalue weighted by Gasteiger charge is 2.24. The molecular formula is C19H16O4S. The van der Waals surface area contributed by atoms with Gasteiger partial charge in [0.2, 0.25) is 0 Å². The van der Waals surface area contributed by atoms with Crippen LogP contribution in [0.1, 0.15) is 27.0 Å². The van der Waals surface area contributed by atoms with E-state index in [2.05, 4.69) is 0 Å². The first-order chi connectivity index (χ1) is 11.7. The second-order valence-electron chi connectivity index (χ2n) is 5.13. The van der Waals surface area contributed by atoms with Crippen LogP contribution in [-0.2, 0) is 9.47 Å². The average molecular weight is 340 g/mol. The van der Waals surface area contributed by atoms with Gasteiger partial charge in [0.1, 0.15) is 4.88 Å². The Morgan fingerprint density at radius 1 is 1.04 bits per heavy atom. The van der Waals surface area contributed by atoms with Crippen molar-refractivity contribution in [3.05, 3.63) is 58.3 Å². The summed E-state index contributed by atoms with van der Waals surface area (Å²) < 4.78 is 9.98. The number of methoxy groups -OCH3 is 1. The highest BCUT2D eigenvalue weighted by molar-refractivity contribution is 7.13. The van der Waals surface area contributed by atoms with Crippen LogP contribution in [0.15, 0.2) is 47.8 Å². The number of fused-ring (bicyclic) bond motifs is 1. The summed E-state index contributed by atoms with van der Waals surface area (Å²) in [6.07, 6.45) is 0. The van der Waals surface area contributed by atoms with Crippen LogP contribution in [0.4, 0.5) is 0 Å². The van der Waals surface area contributed by atoms with Gasteiger partial charge in [-0.05, 0) is 29.3 Å². The van der Waals surface area contributed by atoms with Gasteiger partial charge in [-0.1, -0.05) is 36.4 Å². The molecule has 0 aliphatic carbocycles. The van der Waals surface area contributed by atoms with Crippen LogP contribution in [-0.4, -0.2) is 25.7 Å². The maximum Gasteiger partial charge on any atom is 0.348 e. The van der Waals surface area contributed by atoms with Crippen LogP contribution in [0.2, 0.25) is 0 Å². The van der Waals surface area contributed by atoms with E-state index in [1.54, 1.807) is 12.3 Å². The van der Waals surface area contributed by atoms with E-state index in [0.29, 0.717) is 16.0 Å². The fourth-order valence-electron chi connectivity index (χ4n) is 2.60. The first kappa shape index (κ1) is 16.2. The summed E-state index contributed by atoms with van der Waals surface area (Å²) in [5.74, 6) is -0.897. The van der Waals surface area contributed by atoms with Crippen molar-refractivity contribution < 1.29 is 19.1 Å². The summed E-state index contributed by atoms with van der Waals surface area (Å²) in [4.78, 5) is 24.8. The Hall–Kier alpha value is -2.66. The lowest BCUT2D eigenvalue weighted by Gasteiger charge is -2.08. The fourth-order valence-corrected chi connectivity index (χ4v) is 3.55. The summed E-state index contributed by atoms with van der Waals surface area (Å²) in [5.41, 5.74) is 1.73. The Kier molecular flexibility index (Phi) is 4.62. The number of esters is 2. The minimum Gasteiger partial charge on any atom is -0.465 e. The molecular weight excluding hydrogens is 324 g/mol. The lowest BCUT2D eigenvalue weighted by atomic mass is 9.98. The maximum absolute atomic E-state index is 12.3. The molecule has 1 heterocycles. The Morgan fingerprint density at radius 3 is 2.50 bits per heavy atom. The third kappa shape index (κ3) is 2.90. The van der Waals surface area contributed by atoms with E-state index >= 15 is 0 Å². The number of hydrogen-bond acceptors (Lipinski definition) is 5. The van der Waals surface area contributed by atoms with Crippen molar-refractivity contribution in [3.63, 3.8) is 0 Å². The van der Waals surface area contributed by atoms with E-state index in [1.807, 2.05) is 42.5 Å². The van der Waals surface area contributed by atoms with E-state index in [-0.39, 0.29) is 6.61 Å². The van der Waals surface area contributed by atoms with E-state index in [1.165, 1.54) is 18.4 Å². The van der Waals surface area contributed by atoms with Crippen LogP contribution >= 0.6 is 11.3 Å². The zero-order chi connectivity index (χ0) is 17.1. The molecule has 24 heavy (non-hydrogen) atoms. The quantitative estimate of drug-likeness (QED) is 0.655. The van der Waals surface area contributed by atoms with E-state index < -0.39 is 11.9 Å². The molecule has 0 radical (unpaired) electrons. The zero-order valence-corrected chi connectivity index (χ0v) is 14.2. The molecule has 0 saturated heterocycles. The number of carbonyl (C=O) groups excluding carboxylic acids is 2. The van der Waals surface area contributed by atoms with Gasteiger partial charge >= 0.3 is 11.9 Å². The molecule has 1 aromatic heterocycles. The van der Waals surface area contributed by atoms with Gasteiger partial charge in [0.25, 0.3) is 0 Å². The van der Waals surface area contributed by atoms with Crippen LogP contribution in [0.25, 0.3) is 21.9 Å². The van der Waals surface area contributed by atoms with Gasteiger partial charge in [0, 0.05) is 10.9 Å². The largest absolute Gasteiger partial charge is 0.465 e. The van der Waals surface area contributed by atoms with E-state index in [4.69, 9.17) is 9.47 Å². The van der Waals surface area contributed by atoms with Crippen molar-refractivity contribution in [2.75, 3.05) is 13.7 Å². The van der Waals surface area contributed by atoms with Gasteiger partial charge in [-0.25, -0.2) is 9.59 Å². The zero-order valence-electron chi connectivity index (χ0n) is 13.4. The number of rotatable bonds is 4. The van der Waals surface area contributed by atoms with Crippen molar-refractivity contribution >= 4 is 34.0 Å². The van der Waals surface area contributed by atoms with Gasteiger partial charge < -0.3 is 9.47 Å². The van der Waals surface area contributed by atoms with Crippen molar-refractivity contribution in [1.82, 2.24) is 0 Å². The summed E-state index contributed by atoms with van der Waals surface area (Å²) in [7, 11) is 1.33. The lowest BCUT2D eigenvalue weighted by molar-refractivity contribution is 0.0533. The molecule has 0 unspecified atom stereocenters. The van der Waals surface area contributed by atoms with Crippen molar-refractivity contribution in [2.45, 2.75) is 6.92 Å². The number of hydrogen-bond donors (Lipinski definition) is 0. The predicted molar refractivity (Wildman–Crippen MR) is 94.6 cm³/mol. The first-order valence-corrected chi connectivity index (χ1v) is 8.39. The maximum atomic E-state index is 12.3. The first-order valence-electron chi connectivity index (χ1n) is 7.51. The van der Waals surface area contributed by atoms with Crippen LogP contribution in [0.5, 0.6) is 0 Å². The van der Waals surface area contributed by atoms with Gasteiger partial charge in [0.05, 0.1) is 19.3 Å². The Bertz CT molecular complexity index is 911. The molecule has 0 saturated carbocycles. The van der Waals surface area contributed by atoms with Crippen LogP contribution < -0.4 is 0 Å². The molecule has 3 aromatic rings. The van der Waals surface area contributed by atoms with Crippen molar-refractivity contribution in [3.8, 4) is 11.1 Å². The molecule has 0 atom stereocenters. The number of thiophene rings is 1. The third-order valence-corrected chi connectivity index (χ3v) is 4.66. The fraction of sp³-hybridized carbons (Fsp3) is 0.158. The third-order valence-electron chi connectivity index (χ3n) is 3.70. The molecule has 2 aromatic carbocycles. The van der Waals surface area contributed by atoms with Gasteiger partial charge in [-0.3, -0.25) is 0 Å². The topological polar surface area (TPSA) is 52.6 Å². The summed E-state index contributed by atoms with van der Waals surface area (Å²) in [6, 6.07) is 13.8. The van der Waals surface area contributed by atoms with Crippen LogP contribution in [0, 0.1) is 0 Å². The number of carbonyl (C=O) groups is 2. The highest BCUT2D eigenvalue weighted by atomic mass is 32.1. The second kappa shape index (κ2) is 6.84. The number of benzene rings is 2. The Balaban J connectivity index is 2.20. The van der Waals surface area contributed by atoms with E-state index in [9.17, 15) is 9.59 Å². The number of ether oxygens (including phenoxy) is 2. The molecule has 0 amide bonds. The molecule has 0 N–H and O–H groups in total. The Labute approximate surface area is 143 Å². The molecule has 0 spiro atoms. The van der Waals surface area contributed by atoms with Crippen molar-refractivity contribution in [1.29, 1.82) is 0 Å². The smallest absolute Gasteiger partial charge is 0.348 e. The predicted octanol–water partition coefficient (Wildman–Crippen LogP) is 4.53. The molecule has 0 aliphatic heterocycles. The summed E-state index contributed by atoms with van der Waals surface area (Å²) in [6.45, 7) is 2.03. The van der Waals surface area contributed by atoms with Gasteiger partial charge in [0.15, 0.2) is 0 Å². The highest BCUT2D eigenvalue weighted by Crippen LogP contribution is 2.35. The average Bonchev–Trinajstić information content (AvgIpc) is 3.06. The Morgan fingerprint density at radius 2 is 1.79 bits per heavy atom. The molecule has 0 bridgehead atoms. The minimum absolute atomic E-state index is 0.279. The molecule has 3 rings (SSSR count). The van der Waals surface area contributed by atoms with Gasteiger partial charge in [-0.15, -0.1) is 11.3 Å². The molecule has 122 valence electrons. The second-order valence-corrected chi connectivity index (χ2v) is 6.01. The molecule has 4 nitrogen and oxygen atoms in total. The minimum atomic E-state index is -0.468. The van der Waals surface area contributed by atoms with Gasteiger partial charge in [-0.2, -0.15) is 0 Å². The summed E-state index contributed by atoms with van der Waals surface area (Å²) in [5, 5.41) is 3.77. The standard InChI is InChI=1S/C19H16O4S/c1-3-23-19(21)17-16(15(11-24-17)18(20)22-2)14-9-8-12-6-4-5-7-13(12)10-14/h4-11H,3H2,1-2H3. The molecule has 5 heteroatoms. The normalized spacial score (nSPS) is 10.6.